The third-order valence-corrected chi connectivity index (χ3v) is 7.33. The number of nitrogens with zero attached hydrogens (tertiary/aromatic N) is 1. The lowest BCUT2D eigenvalue weighted by atomic mass is 10.1. The van der Waals surface area contributed by atoms with Crippen LogP contribution < -0.4 is 14.2 Å². The summed E-state index contributed by atoms with van der Waals surface area (Å²) in [6.07, 6.45) is 6.03. The van der Waals surface area contributed by atoms with Gasteiger partial charge in [-0.1, -0.05) is 30.5 Å². The van der Waals surface area contributed by atoms with Crippen LogP contribution in [0.3, 0.4) is 0 Å². The van der Waals surface area contributed by atoms with Crippen LogP contribution in [0.1, 0.15) is 41.7 Å². The predicted octanol–water partition coefficient (Wildman–Crippen LogP) is 5.14. The molecular weight excluding hydrogens is 495 g/mol. The molecule has 1 saturated carbocycles. The summed E-state index contributed by atoms with van der Waals surface area (Å²) in [6.45, 7) is 0.630. The van der Waals surface area contributed by atoms with Crippen LogP contribution in [-0.2, 0) is 16.6 Å². The molecule has 4 rings (SSSR count). The summed E-state index contributed by atoms with van der Waals surface area (Å²) in [6, 6.07) is 13.0. The zero-order valence-electron chi connectivity index (χ0n) is 18.7. The molecule has 3 aromatic rings. The Morgan fingerprint density at radius 2 is 1.83 bits per heavy atom. The van der Waals surface area contributed by atoms with E-state index in [2.05, 4.69) is 4.98 Å². The van der Waals surface area contributed by atoms with Crippen molar-refractivity contribution in [1.29, 1.82) is 0 Å². The second-order valence-corrected chi connectivity index (χ2v) is 10.3. The van der Waals surface area contributed by atoms with Gasteiger partial charge in [0.05, 0.1) is 27.8 Å². The van der Waals surface area contributed by atoms with E-state index < -0.39 is 27.3 Å². The fraction of sp³-hybridized carbons (Fsp3) is 0.280. The van der Waals surface area contributed by atoms with Gasteiger partial charge in [0.25, 0.3) is 15.9 Å². The minimum absolute atomic E-state index is 0.0290. The van der Waals surface area contributed by atoms with Gasteiger partial charge in [-0.3, -0.25) is 9.78 Å². The smallest absolute Gasteiger partial charge is 0.268 e. The van der Waals surface area contributed by atoms with Crippen molar-refractivity contribution in [2.45, 2.75) is 37.2 Å². The van der Waals surface area contributed by atoms with Crippen molar-refractivity contribution in [1.82, 2.24) is 9.71 Å². The highest BCUT2D eigenvalue weighted by atomic mass is 35.5. The van der Waals surface area contributed by atoms with Crippen molar-refractivity contribution in [3.8, 4) is 11.5 Å². The molecular formula is C25H24ClFN2O5S. The SMILES string of the molecule is O=C(NS(=O)(=O)c1ccc(OCc2ccccn2)cc1)c1cc(Cl)c(OCC2CCCC2)cc1F. The van der Waals surface area contributed by atoms with Gasteiger partial charge in [0.2, 0.25) is 0 Å². The first kappa shape index (κ1) is 24.9. The molecule has 7 nitrogen and oxygen atoms in total. The molecule has 0 bridgehead atoms. The summed E-state index contributed by atoms with van der Waals surface area (Å²) in [5.41, 5.74) is 0.217. The van der Waals surface area contributed by atoms with Crippen LogP contribution in [0.25, 0.3) is 0 Å². The number of pyridine rings is 1. The Balaban J connectivity index is 1.39. The summed E-state index contributed by atoms with van der Waals surface area (Å²) in [5.74, 6) is -1.12. The Morgan fingerprint density at radius 3 is 2.51 bits per heavy atom. The Bertz CT molecular complexity index is 1280. The molecule has 1 fully saturated rings. The number of rotatable bonds is 9. The van der Waals surface area contributed by atoms with Crippen molar-refractivity contribution < 1.29 is 27.1 Å². The third-order valence-electron chi connectivity index (χ3n) is 5.69. The molecule has 0 saturated heterocycles. The van der Waals surface area contributed by atoms with E-state index in [9.17, 15) is 17.6 Å². The maximum atomic E-state index is 14.6. The lowest BCUT2D eigenvalue weighted by Crippen LogP contribution is -2.31. The van der Waals surface area contributed by atoms with E-state index in [1.54, 1.807) is 18.3 Å². The van der Waals surface area contributed by atoms with E-state index in [-0.39, 0.29) is 22.3 Å². The minimum Gasteiger partial charge on any atom is -0.492 e. The number of amides is 1. The summed E-state index contributed by atoms with van der Waals surface area (Å²) in [4.78, 5) is 16.5. The van der Waals surface area contributed by atoms with Crippen LogP contribution >= 0.6 is 11.6 Å². The molecule has 1 heterocycles. The van der Waals surface area contributed by atoms with Crippen LogP contribution in [0.2, 0.25) is 5.02 Å². The molecule has 1 aliphatic rings. The van der Waals surface area contributed by atoms with Crippen LogP contribution in [0.15, 0.2) is 65.7 Å². The Morgan fingerprint density at radius 1 is 1.09 bits per heavy atom. The highest BCUT2D eigenvalue weighted by Gasteiger charge is 2.23. The molecule has 35 heavy (non-hydrogen) atoms. The number of benzene rings is 2. The zero-order chi connectivity index (χ0) is 24.8. The normalized spacial score (nSPS) is 14.0. The quantitative estimate of drug-likeness (QED) is 0.421. The standard InChI is InChI=1S/C25H24ClFN2O5S/c26-22-13-21(23(27)14-24(22)34-15-17-5-1-2-6-17)25(30)29-35(31,32)20-10-8-19(9-11-20)33-16-18-7-3-4-12-28-18/h3-4,7-14,17H,1-2,5-6,15-16H2,(H,29,30). The number of hydrogen-bond acceptors (Lipinski definition) is 6. The number of sulfonamides is 1. The molecule has 0 spiro atoms. The second kappa shape index (κ2) is 11.0. The number of aromatic nitrogens is 1. The minimum atomic E-state index is -4.26. The Labute approximate surface area is 208 Å². The van der Waals surface area contributed by atoms with Crippen LogP contribution in [0.4, 0.5) is 4.39 Å². The average Bonchev–Trinajstić information content (AvgIpc) is 3.37. The fourth-order valence-corrected chi connectivity index (χ4v) is 4.97. The predicted molar refractivity (Wildman–Crippen MR) is 129 cm³/mol. The van der Waals surface area contributed by atoms with Crippen molar-refractivity contribution in [2.75, 3.05) is 6.61 Å². The van der Waals surface area contributed by atoms with Crippen molar-refractivity contribution in [3.63, 3.8) is 0 Å². The summed E-state index contributed by atoms with van der Waals surface area (Å²) in [5, 5.41) is 0.0290. The van der Waals surface area contributed by atoms with Crippen molar-refractivity contribution >= 4 is 27.5 Å². The molecule has 184 valence electrons. The molecule has 2 aromatic carbocycles. The zero-order valence-corrected chi connectivity index (χ0v) is 20.3. The Hall–Kier alpha value is -3.17. The first-order valence-electron chi connectivity index (χ1n) is 11.1. The van der Waals surface area contributed by atoms with Crippen molar-refractivity contribution in [2.24, 2.45) is 5.92 Å². The second-order valence-electron chi connectivity index (χ2n) is 8.24. The van der Waals surface area contributed by atoms with E-state index in [0.717, 1.165) is 37.8 Å². The van der Waals surface area contributed by atoms with Gasteiger partial charge in [-0.15, -0.1) is 0 Å². The molecule has 1 amide bonds. The van der Waals surface area contributed by atoms with E-state index in [1.807, 2.05) is 10.8 Å². The number of ether oxygens (including phenoxy) is 2. The first-order chi connectivity index (χ1) is 16.8. The van der Waals surface area contributed by atoms with E-state index >= 15 is 0 Å². The lowest BCUT2D eigenvalue weighted by Gasteiger charge is -2.14. The van der Waals surface area contributed by atoms with Gasteiger partial charge in [0.1, 0.15) is 23.9 Å². The number of halogens is 2. The summed E-state index contributed by atoms with van der Waals surface area (Å²) in [7, 11) is -4.26. The molecule has 0 atom stereocenters. The molecule has 1 aromatic heterocycles. The molecule has 0 unspecified atom stereocenters. The number of hydrogen-bond donors (Lipinski definition) is 1. The highest BCUT2D eigenvalue weighted by Crippen LogP contribution is 2.31. The van der Waals surface area contributed by atoms with Crippen LogP contribution in [0.5, 0.6) is 11.5 Å². The van der Waals surface area contributed by atoms with Gasteiger partial charge >= 0.3 is 0 Å². The summed E-state index contributed by atoms with van der Waals surface area (Å²) < 4.78 is 53.0. The van der Waals surface area contributed by atoms with Gasteiger partial charge < -0.3 is 9.47 Å². The number of carbonyl (C=O) groups is 1. The topological polar surface area (TPSA) is 94.6 Å². The third kappa shape index (κ3) is 6.49. The molecule has 0 aliphatic heterocycles. The van der Waals surface area contributed by atoms with Crippen LogP contribution in [0, 0.1) is 11.7 Å². The molecule has 10 heteroatoms. The maximum absolute atomic E-state index is 14.6. The van der Waals surface area contributed by atoms with Gasteiger partial charge in [-0.25, -0.2) is 17.5 Å². The van der Waals surface area contributed by atoms with Crippen molar-refractivity contribution in [3.05, 3.63) is 82.9 Å². The largest absolute Gasteiger partial charge is 0.492 e. The summed E-state index contributed by atoms with van der Waals surface area (Å²) >= 11 is 6.17. The van der Waals surface area contributed by atoms with Gasteiger partial charge in [-0.2, -0.15) is 0 Å². The first-order valence-corrected chi connectivity index (χ1v) is 13.0. The lowest BCUT2D eigenvalue weighted by molar-refractivity contribution is 0.0977. The van der Waals surface area contributed by atoms with E-state index in [1.165, 1.54) is 24.3 Å². The van der Waals surface area contributed by atoms with E-state index in [4.69, 9.17) is 21.1 Å². The fourth-order valence-electron chi connectivity index (χ4n) is 3.79. The van der Waals surface area contributed by atoms with Gasteiger partial charge in [0.15, 0.2) is 0 Å². The number of carbonyl (C=O) groups excluding carboxylic acids is 1. The highest BCUT2D eigenvalue weighted by molar-refractivity contribution is 7.90. The molecule has 0 radical (unpaired) electrons. The maximum Gasteiger partial charge on any atom is 0.268 e. The molecule has 1 aliphatic carbocycles. The molecule has 1 N–H and O–H groups in total. The average molecular weight is 519 g/mol. The van der Waals surface area contributed by atoms with Crippen LogP contribution in [-0.4, -0.2) is 25.9 Å². The van der Waals surface area contributed by atoms with Gasteiger partial charge in [-0.05, 0) is 61.2 Å². The Kier molecular flexibility index (Phi) is 7.87. The monoisotopic (exact) mass is 518 g/mol. The van der Waals surface area contributed by atoms with E-state index in [0.29, 0.717) is 24.0 Å². The number of nitrogens with one attached hydrogen (secondary N) is 1. The van der Waals surface area contributed by atoms with Gasteiger partial charge in [0, 0.05) is 12.3 Å².